The molecule has 9 nitrogen and oxygen atoms in total. The zero-order valence-electron chi connectivity index (χ0n) is 21.0. The molecule has 1 aliphatic carbocycles. The lowest BCUT2D eigenvalue weighted by Gasteiger charge is -2.28. The largest absolute Gasteiger partial charge is 0.493 e. The zero-order chi connectivity index (χ0) is 25.3. The molecule has 0 unspecified atom stereocenters. The summed E-state index contributed by atoms with van der Waals surface area (Å²) in [6.07, 6.45) is 4.18. The summed E-state index contributed by atoms with van der Waals surface area (Å²) >= 11 is 0. The third-order valence-corrected chi connectivity index (χ3v) is 5.69. The minimum atomic E-state index is -0.707. The fraction of sp³-hybridized carbons (Fsp3) is 0.680. The first-order valence-electron chi connectivity index (χ1n) is 11.8. The van der Waals surface area contributed by atoms with E-state index in [0.29, 0.717) is 6.61 Å². The molecule has 1 aliphatic rings. The molecule has 3 atom stereocenters. The van der Waals surface area contributed by atoms with Gasteiger partial charge in [-0.15, -0.1) is 0 Å². The number of aromatic nitrogens is 1. The van der Waals surface area contributed by atoms with Crippen LogP contribution in [0.5, 0.6) is 11.5 Å². The van der Waals surface area contributed by atoms with E-state index in [1.54, 1.807) is 6.92 Å². The maximum Gasteiger partial charge on any atom is 0.309 e. The Morgan fingerprint density at radius 1 is 1.15 bits per heavy atom. The summed E-state index contributed by atoms with van der Waals surface area (Å²) in [5.41, 5.74) is -0.0108. The number of carbonyl (C=O) groups is 3. The van der Waals surface area contributed by atoms with E-state index >= 15 is 0 Å². The number of esters is 2. The van der Waals surface area contributed by atoms with Crippen molar-refractivity contribution < 1.29 is 38.1 Å². The van der Waals surface area contributed by atoms with Gasteiger partial charge in [0.1, 0.15) is 6.10 Å². The van der Waals surface area contributed by atoms with Gasteiger partial charge in [-0.2, -0.15) is 0 Å². The van der Waals surface area contributed by atoms with Gasteiger partial charge in [0.15, 0.2) is 23.0 Å². The van der Waals surface area contributed by atoms with Crippen LogP contribution >= 0.6 is 0 Å². The summed E-state index contributed by atoms with van der Waals surface area (Å²) in [6, 6.07) is 1.52. The van der Waals surface area contributed by atoms with Gasteiger partial charge in [0, 0.05) is 32.2 Å². The Morgan fingerprint density at radius 2 is 1.85 bits per heavy atom. The summed E-state index contributed by atoms with van der Waals surface area (Å²) in [4.78, 5) is 40.9. The minimum absolute atomic E-state index is 0.0108. The Kier molecular flexibility index (Phi) is 10.8. The van der Waals surface area contributed by atoms with Crippen molar-refractivity contribution in [1.29, 1.82) is 0 Å². The second kappa shape index (κ2) is 13.3. The monoisotopic (exact) mass is 479 g/mol. The Bertz CT molecular complexity index is 836. The van der Waals surface area contributed by atoms with E-state index in [4.69, 9.17) is 23.7 Å². The van der Waals surface area contributed by atoms with E-state index < -0.39 is 36.5 Å². The first-order chi connectivity index (χ1) is 16.1. The second-order valence-electron chi connectivity index (χ2n) is 9.07. The fourth-order valence-electron chi connectivity index (χ4n) is 3.51. The molecule has 0 aromatic carbocycles. The highest BCUT2D eigenvalue weighted by Crippen LogP contribution is 2.33. The topological polar surface area (TPSA) is 110 Å². The van der Waals surface area contributed by atoms with Crippen LogP contribution in [0.2, 0.25) is 0 Å². The van der Waals surface area contributed by atoms with Gasteiger partial charge < -0.3 is 23.7 Å². The molecule has 190 valence electrons. The van der Waals surface area contributed by atoms with Crippen LogP contribution in [0.1, 0.15) is 70.8 Å². The molecule has 1 heterocycles. The molecule has 0 radical (unpaired) electrons. The highest BCUT2D eigenvalue weighted by molar-refractivity contribution is 5.99. The molecule has 0 amide bonds. The van der Waals surface area contributed by atoms with Crippen LogP contribution in [-0.2, 0) is 23.8 Å². The molecule has 0 bridgehead atoms. The second-order valence-corrected chi connectivity index (χ2v) is 9.07. The van der Waals surface area contributed by atoms with E-state index in [1.807, 2.05) is 20.8 Å². The third kappa shape index (κ3) is 8.59. The van der Waals surface area contributed by atoms with E-state index in [0.717, 1.165) is 12.3 Å². The van der Waals surface area contributed by atoms with Crippen LogP contribution in [0.25, 0.3) is 0 Å². The lowest BCUT2D eigenvalue weighted by Crippen LogP contribution is -2.37. The molecule has 2 rings (SSSR count). The maximum absolute atomic E-state index is 13.0. The summed E-state index contributed by atoms with van der Waals surface area (Å²) in [5, 5.41) is 0. The molecular weight excluding hydrogens is 442 g/mol. The van der Waals surface area contributed by atoms with Crippen LogP contribution in [0.15, 0.2) is 12.3 Å². The predicted octanol–water partition coefficient (Wildman–Crippen LogP) is 3.97. The lowest BCUT2D eigenvalue weighted by molar-refractivity contribution is -0.165. The van der Waals surface area contributed by atoms with Gasteiger partial charge in [0.2, 0.25) is 6.79 Å². The molecule has 34 heavy (non-hydrogen) atoms. The van der Waals surface area contributed by atoms with Gasteiger partial charge in [-0.25, -0.2) is 4.98 Å². The van der Waals surface area contributed by atoms with Gasteiger partial charge in [0.05, 0.1) is 19.1 Å². The number of hydrogen-bond donors (Lipinski definition) is 0. The van der Waals surface area contributed by atoms with Crippen molar-refractivity contribution in [3.63, 3.8) is 0 Å². The Balaban J connectivity index is 1.99. The molecule has 1 saturated carbocycles. The summed E-state index contributed by atoms with van der Waals surface area (Å²) in [6.45, 7) is 8.99. The Labute approximate surface area is 201 Å². The molecule has 9 heteroatoms. The smallest absolute Gasteiger partial charge is 0.309 e. The Morgan fingerprint density at radius 3 is 2.44 bits per heavy atom. The number of carbonyl (C=O) groups excluding carboxylic acids is 3. The quantitative estimate of drug-likeness (QED) is 0.210. The normalized spacial score (nSPS) is 15.9. The molecule has 0 spiro atoms. The van der Waals surface area contributed by atoms with Crippen molar-refractivity contribution >= 4 is 17.7 Å². The molecule has 1 fully saturated rings. The number of ether oxygens (including phenoxy) is 5. The minimum Gasteiger partial charge on any atom is -0.493 e. The lowest BCUT2D eigenvalue weighted by atomic mass is 10.00. The van der Waals surface area contributed by atoms with Crippen molar-refractivity contribution in [3.05, 3.63) is 18.0 Å². The first kappa shape index (κ1) is 27.6. The zero-order valence-corrected chi connectivity index (χ0v) is 21.0. The van der Waals surface area contributed by atoms with Crippen LogP contribution in [0, 0.1) is 17.8 Å². The Hall–Kier alpha value is -2.68. The van der Waals surface area contributed by atoms with E-state index in [-0.39, 0.29) is 35.6 Å². The van der Waals surface area contributed by atoms with Crippen molar-refractivity contribution in [2.45, 2.75) is 72.5 Å². The fourth-order valence-corrected chi connectivity index (χ4v) is 3.51. The van der Waals surface area contributed by atoms with Gasteiger partial charge in [-0.3, -0.25) is 14.4 Å². The number of rotatable bonds is 15. The van der Waals surface area contributed by atoms with Crippen molar-refractivity contribution in [2.24, 2.45) is 17.8 Å². The van der Waals surface area contributed by atoms with Gasteiger partial charge in [-0.1, -0.05) is 33.6 Å². The SMILES string of the molecule is COc1ccnc(C(=O)C[C@@H](C)C(=O)O[C@H](C(C)C)[C@H](C)OCCC2CC2)c1OCOC(C)=O. The molecule has 0 saturated heterocycles. The summed E-state index contributed by atoms with van der Waals surface area (Å²) in [5.74, 6) is -0.992. The molecule has 1 aromatic rings. The van der Waals surface area contributed by atoms with E-state index in [2.05, 4.69) is 4.98 Å². The van der Waals surface area contributed by atoms with Crippen molar-refractivity contribution in [1.82, 2.24) is 4.98 Å². The highest BCUT2D eigenvalue weighted by atomic mass is 16.7. The van der Waals surface area contributed by atoms with Crippen LogP contribution < -0.4 is 9.47 Å². The maximum atomic E-state index is 13.0. The van der Waals surface area contributed by atoms with Crippen LogP contribution in [-0.4, -0.2) is 55.4 Å². The van der Waals surface area contributed by atoms with Crippen LogP contribution in [0.4, 0.5) is 0 Å². The third-order valence-electron chi connectivity index (χ3n) is 5.69. The molecular formula is C25H37NO8. The van der Waals surface area contributed by atoms with E-state index in [9.17, 15) is 14.4 Å². The van der Waals surface area contributed by atoms with E-state index in [1.165, 1.54) is 39.1 Å². The predicted molar refractivity (Wildman–Crippen MR) is 124 cm³/mol. The van der Waals surface area contributed by atoms with Gasteiger partial charge >= 0.3 is 11.9 Å². The number of ketones is 1. The van der Waals surface area contributed by atoms with Crippen molar-refractivity contribution in [3.8, 4) is 11.5 Å². The van der Waals surface area contributed by atoms with Gasteiger partial charge in [0.25, 0.3) is 0 Å². The van der Waals surface area contributed by atoms with Crippen LogP contribution in [0.3, 0.4) is 0 Å². The summed E-state index contributed by atoms with van der Waals surface area (Å²) in [7, 11) is 1.42. The number of hydrogen-bond acceptors (Lipinski definition) is 9. The van der Waals surface area contributed by atoms with Crippen molar-refractivity contribution in [2.75, 3.05) is 20.5 Å². The molecule has 0 aliphatic heterocycles. The molecule has 0 N–H and O–H groups in total. The number of pyridine rings is 1. The highest BCUT2D eigenvalue weighted by Gasteiger charge is 2.30. The average molecular weight is 480 g/mol. The number of nitrogens with zero attached hydrogens (tertiary/aromatic N) is 1. The first-order valence-corrected chi connectivity index (χ1v) is 11.8. The van der Waals surface area contributed by atoms with Gasteiger partial charge in [-0.05, 0) is 25.2 Å². The summed E-state index contributed by atoms with van der Waals surface area (Å²) < 4.78 is 27.1. The number of methoxy groups -OCH3 is 1. The standard InChI is InChI=1S/C25H37NO8/c1-15(2)23(17(4)31-12-10-19-7-8-19)34-25(29)16(3)13-20(28)22-24(33-14-32-18(5)27)21(30-6)9-11-26-22/h9,11,15-17,19,23H,7-8,10,12-14H2,1-6H3/t16-,17+,23-/m1/s1. The average Bonchev–Trinajstić information content (AvgIpc) is 3.60. The molecule has 1 aromatic heterocycles. The number of Topliss-reactive ketones (excluding diaryl/α,β-unsaturated/α-hetero) is 1.